The molecule has 0 atom stereocenters. The van der Waals surface area contributed by atoms with Gasteiger partial charge in [-0.3, -0.25) is 9.48 Å². The first kappa shape index (κ1) is 13.8. The molecule has 0 radical (unpaired) electrons. The number of halogens is 1. The first-order chi connectivity index (χ1) is 9.20. The number of nitrogens with zero attached hydrogens (tertiary/aromatic N) is 2. The minimum Gasteiger partial charge on any atom is -0.292 e. The summed E-state index contributed by atoms with van der Waals surface area (Å²) < 4.78 is 14.7. The molecule has 0 N–H and O–H groups in total. The molecular formula is C14H15FN2OS. The Balaban J connectivity index is 1.99. The standard InChI is InChI=1S/C14H15FN2OS/c1-2-8-17-13(6-7-16-17)14(18)10-19-12-5-3-4-11(15)9-12/h3-7,9H,2,8,10H2,1H3. The van der Waals surface area contributed by atoms with Crippen molar-refractivity contribution in [2.24, 2.45) is 0 Å². The number of ketones is 1. The largest absolute Gasteiger partial charge is 0.292 e. The monoisotopic (exact) mass is 278 g/mol. The number of carbonyl (C=O) groups is 1. The molecule has 1 aromatic carbocycles. The van der Waals surface area contributed by atoms with Crippen molar-refractivity contribution in [3.63, 3.8) is 0 Å². The van der Waals surface area contributed by atoms with Gasteiger partial charge in [0.25, 0.3) is 0 Å². The summed E-state index contributed by atoms with van der Waals surface area (Å²) in [5.74, 6) is 0.0208. The van der Waals surface area contributed by atoms with Crippen molar-refractivity contribution in [1.82, 2.24) is 9.78 Å². The summed E-state index contributed by atoms with van der Waals surface area (Å²) in [5.41, 5.74) is 0.616. The Morgan fingerprint density at radius 3 is 3.00 bits per heavy atom. The van der Waals surface area contributed by atoms with Crippen molar-refractivity contribution >= 4 is 17.5 Å². The molecule has 0 bridgehead atoms. The second-order valence-corrected chi connectivity index (χ2v) is 5.16. The molecule has 0 saturated heterocycles. The highest BCUT2D eigenvalue weighted by atomic mass is 32.2. The molecule has 1 heterocycles. The Morgan fingerprint density at radius 2 is 2.26 bits per heavy atom. The number of thioether (sulfide) groups is 1. The lowest BCUT2D eigenvalue weighted by Gasteiger charge is -2.05. The molecule has 0 aliphatic heterocycles. The van der Waals surface area contributed by atoms with E-state index in [1.807, 2.05) is 6.92 Å². The number of benzene rings is 1. The molecule has 2 aromatic rings. The van der Waals surface area contributed by atoms with Gasteiger partial charge in [-0.1, -0.05) is 13.0 Å². The van der Waals surface area contributed by atoms with Crippen LogP contribution in [0.1, 0.15) is 23.8 Å². The van der Waals surface area contributed by atoms with Gasteiger partial charge in [0.15, 0.2) is 5.78 Å². The Kier molecular flexibility index (Phi) is 4.74. The summed E-state index contributed by atoms with van der Waals surface area (Å²) in [7, 11) is 0. The first-order valence-electron chi connectivity index (χ1n) is 6.14. The Morgan fingerprint density at radius 1 is 1.42 bits per heavy atom. The Hall–Kier alpha value is -1.62. The fourth-order valence-electron chi connectivity index (χ4n) is 1.74. The minimum absolute atomic E-state index is 0.0141. The van der Waals surface area contributed by atoms with Crippen molar-refractivity contribution in [2.75, 3.05) is 5.75 Å². The van der Waals surface area contributed by atoms with E-state index in [-0.39, 0.29) is 11.6 Å². The van der Waals surface area contributed by atoms with Gasteiger partial charge in [-0.15, -0.1) is 11.8 Å². The number of rotatable bonds is 6. The summed E-state index contributed by atoms with van der Waals surface area (Å²) in [6.45, 7) is 2.77. The lowest BCUT2D eigenvalue weighted by atomic mass is 10.3. The predicted molar refractivity (Wildman–Crippen MR) is 74.0 cm³/mol. The van der Waals surface area contributed by atoms with Crippen LogP contribution in [0, 0.1) is 5.82 Å². The second-order valence-electron chi connectivity index (χ2n) is 4.11. The van der Waals surface area contributed by atoms with Crippen LogP contribution in [0.25, 0.3) is 0 Å². The third kappa shape index (κ3) is 3.67. The highest BCUT2D eigenvalue weighted by Crippen LogP contribution is 2.20. The number of carbonyl (C=O) groups excluding carboxylic acids is 1. The highest BCUT2D eigenvalue weighted by molar-refractivity contribution is 8.00. The SMILES string of the molecule is CCCn1nccc1C(=O)CSc1cccc(F)c1. The molecule has 100 valence electrons. The van der Waals surface area contributed by atoms with E-state index in [1.54, 1.807) is 29.1 Å². The zero-order valence-corrected chi connectivity index (χ0v) is 11.5. The van der Waals surface area contributed by atoms with Crippen LogP contribution in [0.5, 0.6) is 0 Å². The number of aromatic nitrogens is 2. The fourth-order valence-corrected chi connectivity index (χ4v) is 2.56. The van der Waals surface area contributed by atoms with Gasteiger partial charge in [-0.05, 0) is 30.7 Å². The number of aryl methyl sites for hydroxylation is 1. The number of hydrogen-bond acceptors (Lipinski definition) is 3. The average Bonchev–Trinajstić information content (AvgIpc) is 2.85. The van der Waals surface area contributed by atoms with Crippen molar-refractivity contribution in [1.29, 1.82) is 0 Å². The molecule has 0 unspecified atom stereocenters. The van der Waals surface area contributed by atoms with Crippen LogP contribution < -0.4 is 0 Å². The topological polar surface area (TPSA) is 34.9 Å². The lowest BCUT2D eigenvalue weighted by molar-refractivity contribution is 0.101. The molecule has 3 nitrogen and oxygen atoms in total. The van der Waals surface area contributed by atoms with Crippen LogP contribution in [-0.2, 0) is 6.54 Å². The third-order valence-corrected chi connectivity index (χ3v) is 3.60. The van der Waals surface area contributed by atoms with E-state index in [4.69, 9.17) is 0 Å². The molecule has 19 heavy (non-hydrogen) atoms. The lowest BCUT2D eigenvalue weighted by Crippen LogP contribution is -2.12. The van der Waals surface area contributed by atoms with Crippen molar-refractivity contribution in [3.8, 4) is 0 Å². The van der Waals surface area contributed by atoms with Crippen LogP contribution in [0.4, 0.5) is 4.39 Å². The molecule has 1 aromatic heterocycles. The Bertz CT molecular complexity index is 568. The molecule has 5 heteroatoms. The predicted octanol–water partition coefficient (Wildman–Crippen LogP) is 3.41. The van der Waals surface area contributed by atoms with Crippen LogP contribution in [0.2, 0.25) is 0 Å². The van der Waals surface area contributed by atoms with E-state index < -0.39 is 0 Å². The second kappa shape index (κ2) is 6.52. The smallest absolute Gasteiger partial charge is 0.191 e. The fraction of sp³-hybridized carbons (Fsp3) is 0.286. The third-order valence-electron chi connectivity index (χ3n) is 2.60. The van der Waals surface area contributed by atoms with Crippen LogP contribution in [0.15, 0.2) is 41.4 Å². The average molecular weight is 278 g/mol. The van der Waals surface area contributed by atoms with E-state index in [0.29, 0.717) is 11.4 Å². The van der Waals surface area contributed by atoms with E-state index in [9.17, 15) is 9.18 Å². The van der Waals surface area contributed by atoms with E-state index in [2.05, 4.69) is 5.10 Å². The van der Waals surface area contributed by atoms with Crippen molar-refractivity contribution in [2.45, 2.75) is 24.8 Å². The summed E-state index contributed by atoms with van der Waals surface area (Å²) in [4.78, 5) is 12.8. The molecule has 0 fully saturated rings. The van der Waals surface area contributed by atoms with Crippen LogP contribution >= 0.6 is 11.8 Å². The minimum atomic E-state index is -0.284. The van der Waals surface area contributed by atoms with Gasteiger partial charge in [0, 0.05) is 17.6 Å². The van der Waals surface area contributed by atoms with E-state index >= 15 is 0 Å². The molecule has 0 spiro atoms. The normalized spacial score (nSPS) is 10.6. The van der Waals surface area contributed by atoms with E-state index in [0.717, 1.165) is 17.9 Å². The summed E-state index contributed by atoms with van der Waals surface area (Å²) in [6, 6.07) is 7.99. The van der Waals surface area contributed by atoms with Crippen molar-refractivity contribution in [3.05, 3.63) is 48.0 Å². The zero-order valence-electron chi connectivity index (χ0n) is 10.7. The molecule has 0 aliphatic rings. The first-order valence-corrected chi connectivity index (χ1v) is 7.12. The quantitative estimate of drug-likeness (QED) is 0.600. The van der Waals surface area contributed by atoms with Gasteiger partial charge in [0.1, 0.15) is 11.5 Å². The van der Waals surface area contributed by atoms with E-state index in [1.165, 1.54) is 23.9 Å². The maximum Gasteiger partial charge on any atom is 0.191 e. The molecule has 0 aliphatic carbocycles. The van der Waals surface area contributed by atoms with Crippen molar-refractivity contribution < 1.29 is 9.18 Å². The highest BCUT2D eigenvalue weighted by Gasteiger charge is 2.12. The number of hydrogen-bond donors (Lipinski definition) is 0. The molecule has 2 rings (SSSR count). The number of Topliss-reactive ketones (excluding diaryl/α,β-unsaturated/α-hetero) is 1. The van der Waals surface area contributed by atoms with Gasteiger partial charge < -0.3 is 0 Å². The Labute approximate surface area is 115 Å². The van der Waals surface area contributed by atoms with Crippen LogP contribution in [0.3, 0.4) is 0 Å². The molecule has 0 saturated carbocycles. The van der Waals surface area contributed by atoms with Gasteiger partial charge in [0.2, 0.25) is 0 Å². The van der Waals surface area contributed by atoms with Gasteiger partial charge >= 0.3 is 0 Å². The van der Waals surface area contributed by atoms with Gasteiger partial charge in [0.05, 0.1) is 5.75 Å². The van der Waals surface area contributed by atoms with Crippen LogP contribution in [-0.4, -0.2) is 21.3 Å². The summed E-state index contributed by atoms with van der Waals surface area (Å²) >= 11 is 1.34. The summed E-state index contributed by atoms with van der Waals surface area (Å²) in [5, 5.41) is 4.12. The molecule has 0 amide bonds. The maximum absolute atomic E-state index is 13.0. The maximum atomic E-state index is 13.0. The van der Waals surface area contributed by atoms with Gasteiger partial charge in [-0.25, -0.2) is 4.39 Å². The van der Waals surface area contributed by atoms with Gasteiger partial charge in [-0.2, -0.15) is 5.10 Å². The molecular weight excluding hydrogens is 263 g/mol. The zero-order chi connectivity index (χ0) is 13.7. The summed E-state index contributed by atoms with van der Waals surface area (Å²) in [6.07, 6.45) is 2.56.